The fourth-order valence-corrected chi connectivity index (χ4v) is 3.12. The lowest BCUT2D eigenvalue weighted by atomic mass is 10.1. The van der Waals surface area contributed by atoms with Crippen molar-refractivity contribution in [2.45, 2.75) is 103 Å². The lowest BCUT2D eigenvalue weighted by molar-refractivity contribution is -0.156. The molecule has 0 rings (SSSR count). The molecule has 0 fully saturated rings. The van der Waals surface area contributed by atoms with E-state index in [-0.39, 0.29) is 6.10 Å². The summed E-state index contributed by atoms with van der Waals surface area (Å²) in [5, 5.41) is -2.06. The molecule has 7 nitrogen and oxygen atoms in total. The Morgan fingerprint density at radius 2 is 1.35 bits per heavy atom. The van der Waals surface area contributed by atoms with E-state index in [1.165, 1.54) is 0 Å². The first-order valence-corrected chi connectivity index (χ1v) is 11.0. The molecule has 0 amide bonds. The summed E-state index contributed by atoms with van der Waals surface area (Å²) in [7, 11) is -5.02. The lowest BCUT2D eigenvalue weighted by Crippen LogP contribution is -2.37. The molecule has 8 heteroatoms. The van der Waals surface area contributed by atoms with Gasteiger partial charge in [0.25, 0.3) is 0 Å². The van der Waals surface area contributed by atoms with E-state index in [1.807, 2.05) is 27.7 Å². The molecule has 3 unspecified atom stereocenters. The van der Waals surface area contributed by atoms with Gasteiger partial charge in [0.1, 0.15) is 22.3 Å². The van der Waals surface area contributed by atoms with E-state index in [2.05, 4.69) is 0 Å². The van der Waals surface area contributed by atoms with E-state index in [0.29, 0.717) is 25.7 Å². The Hall–Kier alpha value is -1.15. The number of hydrogen-bond donors (Lipinski definition) is 0. The number of unbranched alkanes of at least 4 members (excludes halogenated alkanes) is 2. The topological polar surface area (TPSA) is 110 Å². The van der Waals surface area contributed by atoms with Gasteiger partial charge < -0.3 is 14.0 Å². The van der Waals surface area contributed by atoms with E-state index >= 15 is 0 Å². The summed E-state index contributed by atoms with van der Waals surface area (Å²) in [5.41, 5.74) is 0. The van der Waals surface area contributed by atoms with Crippen LogP contribution in [0.3, 0.4) is 0 Å². The first-order chi connectivity index (χ1) is 12.2. The summed E-state index contributed by atoms with van der Waals surface area (Å²) in [6.07, 6.45) is 4.25. The van der Waals surface area contributed by atoms with Gasteiger partial charge in [-0.3, -0.25) is 9.59 Å². The molecule has 26 heavy (non-hydrogen) atoms. The van der Waals surface area contributed by atoms with Crippen LogP contribution in [-0.4, -0.2) is 42.4 Å². The van der Waals surface area contributed by atoms with E-state index < -0.39 is 39.8 Å². The molecule has 0 aromatic carbocycles. The zero-order valence-corrected chi connectivity index (χ0v) is 17.2. The minimum absolute atomic E-state index is 0.346. The minimum atomic E-state index is -5.02. The Labute approximate surface area is 157 Å². The van der Waals surface area contributed by atoms with Gasteiger partial charge in [-0.2, -0.15) is 0 Å². The van der Waals surface area contributed by atoms with Crippen LogP contribution >= 0.6 is 0 Å². The molecule has 0 aromatic heterocycles. The Balaban J connectivity index is 4.93. The molecule has 0 aliphatic rings. The molecule has 0 bridgehead atoms. The number of ether oxygens (including phenoxy) is 2. The number of carbonyl (C=O) groups is 2. The normalized spacial score (nSPS) is 15.1. The van der Waals surface area contributed by atoms with Crippen molar-refractivity contribution in [1.82, 2.24) is 0 Å². The summed E-state index contributed by atoms with van der Waals surface area (Å²) >= 11 is 0. The van der Waals surface area contributed by atoms with Crippen LogP contribution in [0.15, 0.2) is 0 Å². The van der Waals surface area contributed by atoms with E-state index in [9.17, 15) is 22.6 Å². The zero-order chi connectivity index (χ0) is 20.2. The second-order valence-corrected chi connectivity index (χ2v) is 8.01. The highest BCUT2D eigenvalue weighted by Crippen LogP contribution is 2.16. The standard InChI is InChI=1S/C18H34O7S/c1-5-9-11-14(7-3)24-17(19)13-16(26(21,22)23)18(20)25-15(8-4)12-10-6-2/h14-16H,5-13H2,1-4H3,(H,21,22,23)/p-1. The summed E-state index contributed by atoms with van der Waals surface area (Å²) in [5.74, 6) is -2.03. The fraction of sp³-hybridized carbons (Fsp3) is 0.889. The zero-order valence-electron chi connectivity index (χ0n) is 16.4. The van der Waals surface area contributed by atoms with Crippen molar-refractivity contribution in [3.63, 3.8) is 0 Å². The number of carbonyl (C=O) groups excluding carboxylic acids is 2. The smallest absolute Gasteiger partial charge is 0.324 e. The van der Waals surface area contributed by atoms with Gasteiger partial charge >= 0.3 is 11.9 Å². The van der Waals surface area contributed by atoms with Crippen LogP contribution in [0, 0.1) is 0 Å². The van der Waals surface area contributed by atoms with Gasteiger partial charge in [0.2, 0.25) is 0 Å². The van der Waals surface area contributed by atoms with Crippen molar-refractivity contribution < 1.29 is 32.0 Å². The summed E-state index contributed by atoms with van der Waals surface area (Å²) < 4.78 is 44.8. The molecule has 0 aliphatic heterocycles. The molecule has 0 saturated heterocycles. The van der Waals surface area contributed by atoms with Crippen LogP contribution in [0.2, 0.25) is 0 Å². The molecule has 0 N–H and O–H groups in total. The lowest BCUT2D eigenvalue weighted by Gasteiger charge is -2.23. The maximum atomic E-state index is 12.2. The van der Waals surface area contributed by atoms with Gasteiger partial charge in [0, 0.05) is 0 Å². The van der Waals surface area contributed by atoms with Crippen molar-refractivity contribution in [3.8, 4) is 0 Å². The molecule has 0 aromatic rings. The molecular weight excluding hydrogens is 360 g/mol. The number of rotatable bonds is 14. The predicted molar refractivity (Wildman–Crippen MR) is 97.5 cm³/mol. The van der Waals surface area contributed by atoms with Gasteiger partial charge in [-0.1, -0.05) is 53.4 Å². The number of esters is 2. The van der Waals surface area contributed by atoms with Crippen molar-refractivity contribution in [2.24, 2.45) is 0 Å². The second-order valence-electron chi connectivity index (χ2n) is 6.46. The number of hydrogen-bond acceptors (Lipinski definition) is 7. The van der Waals surface area contributed by atoms with Crippen molar-refractivity contribution >= 4 is 22.1 Å². The molecule has 0 spiro atoms. The molecule has 0 radical (unpaired) electrons. The van der Waals surface area contributed by atoms with Gasteiger partial charge in [-0.05, 0) is 25.7 Å². The van der Waals surface area contributed by atoms with Crippen LogP contribution in [0.5, 0.6) is 0 Å². The monoisotopic (exact) mass is 393 g/mol. The SMILES string of the molecule is CCCCC(CC)OC(=O)CC(C(=O)OC(CC)CCCC)S(=O)(=O)[O-]. The highest BCUT2D eigenvalue weighted by atomic mass is 32.2. The minimum Gasteiger partial charge on any atom is -0.747 e. The largest absolute Gasteiger partial charge is 0.747 e. The molecule has 3 atom stereocenters. The van der Waals surface area contributed by atoms with Crippen LogP contribution in [-0.2, 0) is 29.2 Å². The Morgan fingerprint density at radius 1 is 0.885 bits per heavy atom. The Kier molecular flexibility index (Phi) is 12.5. The Morgan fingerprint density at radius 3 is 1.73 bits per heavy atom. The van der Waals surface area contributed by atoms with Gasteiger partial charge in [-0.25, -0.2) is 8.42 Å². The van der Waals surface area contributed by atoms with Crippen molar-refractivity contribution in [3.05, 3.63) is 0 Å². The van der Waals surface area contributed by atoms with Crippen molar-refractivity contribution in [1.29, 1.82) is 0 Å². The molecule has 0 heterocycles. The quantitative estimate of drug-likeness (QED) is 0.329. The average molecular weight is 394 g/mol. The molecule has 0 aliphatic carbocycles. The van der Waals surface area contributed by atoms with Crippen LogP contribution in [0.1, 0.15) is 85.5 Å². The summed E-state index contributed by atoms with van der Waals surface area (Å²) in [6.45, 7) is 7.65. The molecular formula is C18H33O7S-. The summed E-state index contributed by atoms with van der Waals surface area (Å²) in [4.78, 5) is 24.2. The first kappa shape index (κ1) is 24.8. The predicted octanol–water partition coefficient (Wildman–Crippen LogP) is 3.31. The summed E-state index contributed by atoms with van der Waals surface area (Å²) in [6, 6.07) is 0. The van der Waals surface area contributed by atoms with E-state index in [4.69, 9.17) is 9.47 Å². The van der Waals surface area contributed by atoms with E-state index in [1.54, 1.807) is 0 Å². The van der Waals surface area contributed by atoms with Gasteiger partial charge in [0.15, 0.2) is 5.25 Å². The molecule has 154 valence electrons. The highest BCUT2D eigenvalue weighted by molar-refractivity contribution is 7.87. The highest BCUT2D eigenvalue weighted by Gasteiger charge is 2.32. The molecule has 0 saturated carbocycles. The first-order valence-electron chi connectivity index (χ1n) is 9.54. The third kappa shape index (κ3) is 10.1. The van der Waals surface area contributed by atoms with Crippen LogP contribution < -0.4 is 0 Å². The average Bonchev–Trinajstić information content (AvgIpc) is 2.58. The van der Waals surface area contributed by atoms with E-state index in [0.717, 1.165) is 25.7 Å². The second kappa shape index (κ2) is 13.1. The maximum absolute atomic E-state index is 12.2. The third-order valence-corrected chi connectivity index (χ3v) is 5.27. The van der Waals surface area contributed by atoms with Crippen molar-refractivity contribution in [2.75, 3.05) is 0 Å². The maximum Gasteiger partial charge on any atom is 0.324 e. The van der Waals surface area contributed by atoms with Gasteiger partial charge in [0.05, 0.1) is 6.42 Å². The van der Waals surface area contributed by atoms with Crippen LogP contribution in [0.25, 0.3) is 0 Å². The van der Waals surface area contributed by atoms with Crippen LogP contribution in [0.4, 0.5) is 0 Å². The fourth-order valence-electron chi connectivity index (χ4n) is 2.49. The van der Waals surface area contributed by atoms with Gasteiger partial charge in [-0.15, -0.1) is 0 Å². The Bertz CT molecular complexity index is 516. The third-order valence-electron chi connectivity index (χ3n) is 4.21.